The van der Waals surface area contributed by atoms with E-state index in [9.17, 15) is 4.79 Å². The van der Waals surface area contributed by atoms with Crippen molar-refractivity contribution in [3.63, 3.8) is 0 Å². The summed E-state index contributed by atoms with van der Waals surface area (Å²) in [4.78, 5) is 12.3. The van der Waals surface area contributed by atoms with Gasteiger partial charge in [0.15, 0.2) is 6.29 Å². The van der Waals surface area contributed by atoms with Crippen molar-refractivity contribution in [3.8, 4) is 0 Å². The lowest BCUT2D eigenvalue weighted by Crippen LogP contribution is -2.27. The van der Waals surface area contributed by atoms with Crippen molar-refractivity contribution < 1.29 is 9.47 Å². The summed E-state index contributed by atoms with van der Waals surface area (Å²) in [5, 5.41) is 5.74. The summed E-state index contributed by atoms with van der Waals surface area (Å²) >= 11 is 0. The molecule has 0 aliphatic heterocycles. The highest BCUT2D eigenvalue weighted by molar-refractivity contribution is 5.80. The highest BCUT2D eigenvalue weighted by Crippen LogP contribution is 2.07. The summed E-state index contributed by atoms with van der Waals surface area (Å²) in [5.41, 5.74) is -0.0742. The van der Waals surface area contributed by atoms with Crippen LogP contribution >= 0.6 is 0 Å². The minimum Gasteiger partial charge on any atom is -0.353 e. The molecule has 1 aromatic heterocycles. The molecule has 0 saturated carbocycles. The van der Waals surface area contributed by atoms with E-state index in [1.807, 2.05) is 38.1 Å². The summed E-state index contributed by atoms with van der Waals surface area (Å²) in [5.74, 6) is 0. The first-order chi connectivity index (χ1) is 9.76. The Balaban J connectivity index is 2.13. The van der Waals surface area contributed by atoms with Crippen molar-refractivity contribution in [3.05, 3.63) is 40.8 Å². The van der Waals surface area contributed by atoms with Gasteiger partial charge in [-0.3, -0.25) is 4.79 Å². The zero-order valence-corrected chi connectivity index (χ0v) is 11.9. The minimum absolute atomic E-state index is 0.0742. The Hall–Kier alpha value is -1.72. The molecule has 1 heterocycles. The van der Waals surface area contributed by atoms with Gasteiger partial charge < -0.3 is 9.47 Å². The fourth-order valence-electron chi connectivity index (χ4n) is 2.10. The summed E-state index contributed by atoms with van der Waals surface area (Å²) in [6.07, 6.45) is 2.03. The first-order valence-electron chi connectivity index (χ1n) is 6.94. The molecule has 1 aromatic carbocycles. The SMILES string of the molecule is CCOC(CCn1ncc2ccccc2c1=O)OCC. The van der Waals surface area contributed by atoms with Crippen LogP contribution in [-0.4, -0.2) is 29.3 Å². The predicted molar refractivity (Wildman–Crippen MR) is 77.7 cm³/mol. The van der Waals surface area contributed by atoms with Crippen molar-refractivity contribution >= 4 is 10.8 Å². The molecule has 0 aliphatic carbocycles. The maximum atomic E-state index is 12.3. The molecule has 0 aliphatic rings. The van der Waals surface area contributed by atoms with E-state index >= 15 is 0 Å². The van der Waals surface area contributed by atoms with Crippen LogP contribution in [0.4, 0.5) is 0 Å². The molecule has 0 fully saturated rings. The third kappa shape index (κ3) is 3.43. The van der Waals surface area contributed by atoms with E-state index in [0.717, 1.165) is 5.39 Å². The van der Waals surface area contributed by atoms with Crippen molar-refractivity contribution in [2.45, 2.75) is 33.1 Å². The third-order valence-electron chi connectivity index (χ3n) is 3.04. The zero-order valence-electron chi connectivity index (χ0n) is 11.9. The molecule has 108 valence electrons. The van der Waals surface area contributed by atoms with Gasteiger partial charge in [-0.25, -0.2) is 4.68 Å². The molecule has 5 nitrogen and oxygen atoms in total. The molecule has 2 aromatic rings. The average molecular weight is 276 g/mol. The van der Waals surface area contributed by atoms with Gasteiger partial charge in [0.2, 0.25) is 0 Å². The van der Waals surface area contributed by atoms with Crippen molar-refractivity contribution in [2.24, 2.45) is 0 Å². The second kappa shape index (κ2) is 7.17. The van der Waals surface area contributed by atoms with Crippen LogP contribution in [0.2, 0.25) is 0 Å². The van der Waals surface area contributed by atoms with Crippen LogP contribution in [-0.2, 0) is 16.0 Å². The molecular formula is C15H20N2O3. The molecule has 0 radical (unpaired) electrons. The molecule has 0 N–H and O–H groups in total. The van der Waals surface area contributed by atoms with Crippen LogP contribution in [0, 0.1) is 0 Å². The molecule has 5 heteroatoms. The third-order valence-corrected chi connectivity index (χ3v) is 3.04. The molecule has 0 unspecified atom stereocenters. The van der Waals surface area contributed by atoms with E-state index in [4.69, 9.17) is 9.47 Å². The van der Waals surface area contributed by atoms with Gasteiger partial charge in [0, 0.05) is 31.6 Å². The van der Waals surface area contributed by atoms with E-state index in [2.05, 4.69) is 5.10 Å². The van der Waals surface area contributed by atoms with Crippen molar-refractivity contribution in [1.29, 1.82) is 0 Å². The lowest BCUT2D eigenvalue weighted by atomic mass is 10.2. The van der Waals surface area contributed by atoms with Crippen LogP contribution in [0.15, 0.2) is 35.3 Å². The largest absolute Gasteiger partial charge is 0.353 e. The van der Waals surface area contributed by atoms with Crippen LogP contribution < -0.4 is 5.56 Å². The number of aromatic nitrogens is 2. The molecule has 0 saturated heterocycles. The topological polar surface area (TPSA) is 53.4 Å². The Labute approximate surface area is 118 Å². The summed E-state index contributed by atoms with van der Waals surface area (Å²) in [6, 6.07) is 7.46. The van der Waals surface area contributed by atoms with Gasteiger partial charge in [0.05, 0.1) is 11.6 Å². The minimum atomic E-state index is -0.287. The lowest BCUT2D eigenvalue weighted by molar-refractivity contribution is -0.141. The summed E-state index contributed by atoms with van der Waals surface area (Å²) in [7, 11) is 0. The zero-order chi connectivity index (χ0) is 14.4. The molecule has 0 bridgehead atoms. The van der Waals surface area contributed by atoms with E-state index in [0.29, 0.717) is 31.6 Å². The molecule has 2 rings (SSSR count). The number of aryl methyl sites for hydroxylation is 1. The Kier molecular flexibility index (Phi) is 5.26. The first-order valence-corrected chi connectivity index (χ1v) is 6.94. The number of fused-ring (bicyclic) bond motifs is 1. The van der Waals surface area contributed by atoms with Gasteiger partial charge in [-0.15, -0.1) is 0 Å². The number of hydrogen-bond donors (Lipinski definition) is 0. The van der Waals surface area contributed by atoms with Gasteiger partial charge in [-0.2, -0.15) is 5.10 Å². The van der Waals surface area contributed by atoms with Gasteiger partial charge in [-0.1, -0.05) is 18.2 Å². The standard InChI is InChI=1S/C15H20N2O3/c1-3-19-14(20-4-2)9-10-17-15(18)13-8-6-5-7-12(13)11-16-17/h5-8,11,14H,3-4,9-10H2,1-2H3. The predicted octanol–water partition coefficient (Wildman–Crippen LogP) is 2.19. The molecular weight excluding hydrogens is 256 g/mol. The van der Waals surface area contributed by atoms with Gasteiger partial charge >= 0.3 is 0 Å². The first kappa shape index (κ1) is 14.7. The maximum absolute atomic E-state index is 12.3. The smallest absolute Gasteiger partial charge is 0.274 e. The van der Waals surface area contributed by atoms with Crippen LogP contribution in [0.5, 0.6) is 0 Å². The average Bonchev–Trinajstić information content (AvgIpc) is 2.47. The number of rotatable bonds is 7. The van der Waals surface area contributed by atoms with Crippen molar-refractivity contribution in [2.75, 3.05) is 13.2 Å². The monoisotopic (exact) mass is 276 g/mol. The quantitative estimate of drug-likeness (QED) is 0.727. The number of benzene rings is 1. The molecule has 20 heavy (non-hydrogen) atoms. The normalized spacial score (nSPS) is 11.3. The highest BCUT2D eigenvalue weighted by Gasteiger charge is 2.10. The van der Waals surface area contributed by atoms with E-state index in [1.165, 1.54) is 4.68 Å². The van der Waals surface area contributed by atoms with Crippen molar-refractivity contribution in [1.82, 2.24) is 9.78 Å². The molecule has 0 spiro atoms. The summed E-state index contributed by atoms with van der Waals surface area (Å²) in [6.45, 7) is 5.50. The van der Waals surface area contributed by atoms with E-state index in [1.54, 1.807) is 6.20 Å². The second-order valence-corrected chi connectivity index (χ2v) is 4.39. The number of hydrogen-bond acceptors (Lipinski definition) is 4. The number of ether oxygens (including phenoxy) is 2. The molecule has 0 amide bonds. The lowest BCUT2D eigenvalue weighted by Gasteiger charge is -2.17. The Bertz CT molecular complexity index is 603. The van der Waals surface area contributed by atoms with Crippen LogP contribution in [0.25, 0.3) is 10.8 Å². The van der Waals surface area contributed by atoms with Gasteiger partial charge in [-0.05, 0) is 19.9 Å². The Morgan fingerprint density at radius 2 is 1.90 bits per heavy atom. The molecule has 0 atom stereocenters. The second-order valence-electron chi connectivity index (χ2n) is 4.39. The van der Waals surface area contributed by atoms with E-state index < -0.39 is 0 Å². The van der Waals surface area contributed by atoms with Gasteiger partial charge in [0.1, 0.15) is 0 Å². The maximum Gasteiger partial charge on any atom is 0.274 e. The highest BCUT2D eigenvalue weighted by atomic mass is 16.7. The number of nitrogens with zero attached hydrogens (tertiary/aromatic N) is 2. The van der Waals surface area contributed by atoms with Crippen LogP contribution in [0.3, 0.4) is 0 Å². The fraction of sp³-hybridized carbons (Fsp3) is 0.467. The Morgan fingerprint density at radius 1 is 1.20 bits per heavy atom. The van der Waals surface area contributed by atoms with E-state index in [-0.39, 0.29) is 11.8 Å². The van der Waals surface area contributed by atoms with Crippen LogP contribution in [0.1, 0.15) is 20.3 Å². The van der Waals surface area contributed by atoms with Gasteiger partial charge in [0.25, 0.3) is 5.56 Å². The summed E-state index contributed by atoms with van der Waals surface area (Å²) < 4.78 is 12.4. The Morgan fingerprint density at radius 3 is 2.60 bits per heavy atom. The fourth-order valence-corrected chi connectivity index (χ4v) is 2.10.